The number of hydrogen-bond donors (Lipinski definition) is 2. The number of halogens is 1. The van der Waals surface area contributed by atoms with Gasteiger partial charge in [-0.25, -0.2) is 4.99 Å². The molecule has 1 aromatic heterocycles. The summed E-state index contributed by atoms with van der Waals surface area (Å²) in [6.07, 6.45) is 4.45. The number of para-hydroxylation sites is 1. The van der Waals surface area contributed by atoms with Gasteiger partial charge in [-0.05, 0) is 24.6 Å². The van der Waals surface area contributed by atoms with Gasteiger partial charge >= 0.3 is 0 Å². The number of nitrogens with zero attached hydrogens (tertiary/aromatic N) is 1. The predicted octanol–water partition coefficient (Wildman–Crippen LogP) is 3.75. The van der Waals surface area contributed by atoms with Gasteiger partial charge in [0.25, 0.3) is 0 Å². The first kappa shape index (κ1) is 21.4. The molecular formula is C20H28IN3O3. The highest BCUT2D eigenvalue weighted by Gasteiger charge is 2.14. The molecule has 1 aliphatic heterocycles. The van der Waals surface area contributed by atoms with Crippen molar-refractivity contribution >= 4 is 29.9 Å². The zero-order chi connectivity index (χ0) is 18.0. The first-order valence-electron chi connectivity index (χ1n) is 9.29. The van der Waals surface area contributed by atoms with Crippen molar-refractivity contribution in [1.82, 2.24) is 10.6 Å². The molecule has 2 aromatic rings. The molecule has 2 N–H and O–H groups in total. The summed E-state index contributed by atoms with van der Waals surface area (Å²) in [7, 11) is 0. The van der Waals surface area contributed by atoms with Crippen LogP contribution in [0.2, 0.25) is 0 Å². The van der Waals surface area contributed by atoms with Crippen LogP contribution in [0.25, 0.3) is 0 Å². The molecule has 0 bridgehead atoms. The van der Waals surface area contributed by atoms with Crippen molar-refractivity contribution < 1.29 is 13.9 Å². The molecule has 148 valence electrons. The quantitative estimate of drug-likeness (QED) is 0.355. The Hall–Kier alpha value is -1.90. The number of nitrogens with one attached hydrogen (secondary N) is 2. The first-order valence-corrected chi connectivity index (χ1v) is 9.29. The Balaban J connectivity index is 0.00000261. The Labute approximate surface area is 177 Å². The lowest BCUT2D eigenvalue weighted by Crippen LogP contribution is -2.38. The van der Waals surface area contributed by atoms with E-state index in [2.05, 4.69) is 17.6 Å². The minimum atomic E-state index is 0. The molecule has 0 amide bonds. The Morgan fingerprint density at radius 1 is 1.07 bits per heavy atom. The molecule has 0 spiro atoms. The summed E-state index contributed by atoms with van der Waals surface area (Å²) in [5.74, 6) is 3.39. The minimum absolute atomic E-state index is 0. The monoisotopic (exact) mass is 485 g/mol. The number of ether oxygens (including phenoxy) is 2. The average Bonchev–Trinajstić information content (AvgIpc) is 3.06. The Kier molecular flexibility index (Phi) is 9.30. The third-order valence-electron chi connectivity index (χ3n) is 4.05. The Morgan fingerprint density at radius 2 is 1.93 bits per heavy atom. The van der Waals surface area contributed by atoms with Gasteiger partial charge in [-0.15, -0.1) is 24.0 Å². The molecule has 0 fully saturated rings. The highest BCUT2D eigenvalue weighted by molar-refractivity contribution is 14.0. The van der Waals surface area contributed by atoms with Crippen molar-refractivity contribution in [2.75, 3.05) is 26.3 Å². The van der Waals surface area contributed by atoms with E-state index in [1.165, 1.54) is 0 Å². The van der Waals surface area contributed by atoms with E-state index in [0.29, 0.717) is 19.8 Å². The topological polar surface area (TPSA) is 68.0 Å². The summed E-state index contributed by atoms with van der Waals surface area (Å²) < 4.78 is 17.0. The summed E-state index contributed by atoms with van der Waals surface area (Å²) in [6, 6.07) is 9.86. The fraction of sp³-hybridized carbons (Fsp3) is 0.450. The number of fused-ring (bicyclic) bond motifs is 1. The van der Waals surface area contributed by atoms with E-state index in [1.807, 2.05) is 30.3 Å². The van der Waals surface area contributed by atoms with Gasteiger partial charge in [0.15, 0.2) is 17.5 Å². The van der Waals surface area contributed by atoms with Gasteiger partial charge < -0.3 is 24.5 Å². The summed E-state index contributed by atoms with van der Waals surface area (Å²) in [4.78, 5) is 4.72. The van der Waals surface area contributed by atoms with Crippen LogP contribution in [0.5, 0.6) is 11.5 Å². The molecule has 3 rings (SSSR count). The van der Waals surface area contributed by atoms with Crippen LogP contribution in [0, 0.1) is 0 Å². The number of hydrogen-bond acceptors (Lipinski definition) is 4. The van der Waals surface area contributed by atoms with E-state index in [9.17, 15) is 0 Å². The van der Waals surface area contributed by atoms with Gasteiger partial charge in [-0.3, -0.25) is 0 Å². The van der Waals surface area contributed by atoms with E-state index < -0.39 is 0 Å². The largest absolute Gasteiger partial charge is 0.490 e. The minimum Gasteiger partial charge on any atom is -0.490 e. The van der Waals surface area contributed by atoms with Gasteiger partial charge in [0.2, 0.25) is 0 Å². The molecule has 0 radical (unpaired) electrons. The smallest absolute Gasteiger partial charge is 0.191 e. The van der Waals surface area contributed by atoms with Crippen LogP contribution >= 0.6 is 24.0 Å². The second kappa shape index (κ2) is 11.7. The van der Waals surface area contributed by atoms with Crippen LogP contribution < -0.4 is 20.1 Å². The molecule has 1 aliphatic rings. The lowest BCUT2D eigenvalue weighted by Gasteiger charge is -2.13. The zero-order valence-corrected chi connectivity index (χ0v) is 18.0. The van der Waals surface area contributed by atoms with Crippen molar-refractivity contribution in [2.45, 2.75) is 32.7 Å². The van der Waals surface area contributed by atoms with Crippen molar-refractivity contribution in [3.05, 3.63) is 47.9 Å². The SMILES string of the molecule is CCCNC(=NCc1cccc2c1OCCCO2)NCCc1ccco1.I. The number of rotatable bonds is 7. The second-order valence-electron chi connectivity index (χ2n) is 6.14. The summed E-state index contributed by atoms with van der Waals surface area (Å²) in [5, 5.41) is 6.71. The van der Waals surface area contributed by atoms with Gasteiger partial charge in [-0.1, -0.05) is 19.1 Å². The number of guanidine groups is 1. The molecule has 7 heteroatoms. The second-order valence-corrected chi connectivity index (χ2v) is 6.14. The van der Waals surface area contributed by atoms with Crippen LogP contribution in [0.15, 0.2) is 46.0 Å². The number of furan rings is 1. The fourth-order valence-corrected chi connectivity index (χ4v) is 2.72. The highest BCUT2D eigenvalue weighted by Crippen LogP contribution is 2.33. The molecule has 0 atom stereocenters. The Morgan fingerprint density at radius 3 is 2.74 bits per heavy atom. The lowest BCUT2D eigenvalue weighted by molar-refractivity contribution is 0.296. The van der Waals surface area contributed by atoms with Crippen molar-refractivity contribution in [2.24, 2.45) is 4.99 Å². The molecular weight excluding hydrogens is 457 g/mol. The van der Waals surface area contributed by atoms with Crippen LogP contribution in [-0.2, 0) is 13.0 Å². The number of benzene rings is 1. The molecule has 0 saturated heterocycles. The molecule has 1 aromatic carbocycles. The van der Waals surface area contributed by atoms with E-state index >= 15 is 0 Å². The maximum atomic E-state index is 5.88. The molecule has 6 nitrogen and oxygen atoms in total. The van der Waals surface area contributed by atoms with Gasteiger partial charge in [0.05, 0.1) is 26.0 Å². The van der Waals surface area contributed by atoms with Crippen molar-refractivity contribution in [3.63, 3.8) is 0 Å². The molecule has 0 aliphatic carbocycles. The van der Waals surface area contributed by atoms with Gasteiger partial charge in [0.1, 0.15) is 5.76 Å². The fourth-order valence-electron chi connectivity index (χ4n) is 2.72. The van der Waals surface area contributed by atoms with E-state index in [0.717, 1.165) is 61.1 Å². The van der Waals surface area contributed by atoms with Crippen LogP contribution in [0.3, 0.4) is 0 Å². The lowest BCUT2D eigenvalue weighted by atomic mass is 10.2. The summed E-state index contributed by atoms with van der Waals surface area (Å²) >= 11 is 0. The summed E-state index contributed by atoms with van der Waals surface area (Å²) in [6.45, 7) is 5.67. The van der Waals surface area contributed by atoms with Crippen LogP contribution in [0.1, 0.15) is 31.1 Å². The highest BCUT2D eigenvalue weighted by atomic mass is 127. The molecule has 27 heavy (non-hydrogen) atoms. The van der Waals surface area contributed by atoms with Crippen LogP contribution in [0.4, 0.5) is 0 Å². The summed E-state index contributed by atoms with van der Waals surface area (Å²) in [5.41, 5.74) is 1.04. The molecule has 2 heterocycles. The van der Waals surface area contributed by atoms with Crippen LogP contribution in [-0.4, -0.2) is 32.3 Å². The normalized spacial score (nSPS) is 13.4. The van der Waals surface area contributed by atoms with Gasteiger partial charge in [0, 0.05) is 31.5 Å². The first-order chi connectivity index (χ1) is 12.9. The van der Waals surface area contributed by atoms with E-state index in [-0.39, 0.29) is 24.0 Å². The van der Waals surface area contributed by atoms with E-state index in [1.54, 1.807) is 6.26 Å². The maximum Gasteiger partial charge on any atom is 0.191 e. The van der Waals surface area contributed by atoms with Crippen molar-refractivity contribution in [1.29, 1.82) is 0 Å². The molecule has 0 unspecified atom stereocenters. The maximum absolute atomic E-state index is 5.88. The Bertz CT molecular complexity index is 705. The number of aliphatic imine (C=N–C) groups is 1. The zero-order valence-electron chi connectivity index (χ0n) is 15.7. The predicted molar refractivity (Wildman–Crippen MR) is 117 cm³/mol. The van der Waals surface area contributed by atoms with Gasteiger partial charge in [-0.2, -0.15) is 0 Å². The third-order valence-corrected chi connectivity index (χ3v) is 4.05. The third kappa shape index (κ3) is 6.64. The van der Waals surface area contributed by atoms with Crippen molar-refractivity contribution in [3.8, 4) is 11.5 Å². The van der Waals surface area contributed by atoms with E-state index in [4.69, 9.17) is 18.9 Å². The standard InChI is InChI=1S/C20H27N3O3.HI/c1-2-10-21-20(22-11-9-17-7-4-12-24-17)23-15-16-6-3-8-18-19(16)26-14-5-13-25-18;/h3-4,6-8,12H,2,5,9-11,13-15H2,1H3,(H2,21,22,23);1H. The average molecular weight is 485 g/mol. The molecule has 0 saturated carbocycles.